The van der Waals surface area contributed by atoms with Gasteiger partial charge in [0.15, 0.2) is 0 Å². The minimum atomic E-state index is -0.129. The van der Waals surface area contributed by atoms with Gasteiger partial charge in [-0.2, -0.15) is 0 Å². The summed E-state index contributed by atoms with van der Waals surface area (Å²) < 4.78 is 38.9. The van der Waals surface area contributed by atoms with E-state index in [4.69, 9.17) is 28.4 Å². The number of aliphatic hydroxyl groups is 2. The molecule has 3 aromatic carbocycles. The topological polar surface area (TPSA) is 95.8 Å². The molecule has 0 aliphatic rings. The first-order valence-corrected chi connectivity index (χ1v) is 27.3. The number of benzene rings is 3. The van der Waals surface area contributed by atoms with Crippen LogP contribution in [-0.4, -0.2) is 49.9 Å². The number of hydrogen-bond donors (Lipinski definition) is 2. The van der Waals surface area contributed by atoms with Crippen molar-refractivity contribution in [3.8, 4) is 34.5 Å². The minimum Gasteiger partial charge on any atom is -0.493 e. The molecule has 0 aromatic heterocycles. The van der Waals surface area contributed by atoms with Gasteiger partial charge in [0.05, 0.1) is 52.9 Å². The molecule has 0 radical (unpaired) electrons. The maximum Gasteiger partial charge on any atom is 0.127 e. The molecule has 0 spiro atoms. The van der Waals surface area contributed by atoms with E-state index in [1.54, 1.807) is 0 Å². The third-order valence-electron chi connectivity index (χ3n) is 12.3. The largest absolute Gasteiger partial charge is 0.493 e. The van der Waals surface area contributed by atoms with Gasteiger partial charge in [-0.05, 0) is 74.9 Å². The van der Waals surface area contributed by atoms with Gasteiger partial charge < -0.3 is 38.6 Å². The van der Waals surface area contributed by atoms with Gasteiger partial charge in [-0.25, -0.2) is 0 Å². The Balaban J connectivity index is 2.17. The van der Waals surface area contributed by atoms with E-state index < -0.39 is 0 Å². The Labute approximate surface area is 414 Å². The summed E-state index contributed by atoms with van der Waals surface area (Å²) in [6.45, 7) is 16.7. The molecule has 0 aliphatic carbocycles. The standard InChI is InChI=1S/C60H94O8/c1-7-13-19-25-35-63-55-41-50(32-34-52-44-60(68-40-30-24-18-12-6)54(48-62)46-58(52)66-38-28-22-16-10-4)56(64-36-26-20-14-8-2)42-49(55)31-33-51-43-59(67-39-29-23-17-11-5)53(47-61)45-57(51)65-37-27-21-15-9-3/h31-34,41-46,61-62H,7-30,35-40,47-48H2,1-6H3/b33-31+,34-32+. The quantitative estimate of drug-likeness (QED) is 0.0428. The fourth-order valence-corrected chi connectivity index (χ4v) is 7.99. The molecular formula is C60H94O8. The third kappa shape index (κ3) is 23.0. The molecular weight excluding hydrogens is 849 g/mol. The van der Waals surface area contributed by atoms with E-state index in [2.05, 4.69) is 78.0 Å². The number of rotatable bonds is 42. The molecule has 0 saturated carbocycles. The molecule has 0 amide bonds. The van der Waals surface area contributed by atoms with Crippen molar-refractivity contribution >= 4 is 24.3 Å². The summed E-state index contributed by atoms with van der Waals surface area (Å²) in [7, 11) is 0. The number of hydrogen-bond acceptors (Lipinski definition) is 8. The van der Waals surface area contributed by atoms with Crippen molar-refractivity contribution in [3.05, 3.63) is 69.8 Å². The summed E-state index contributed by atoms with van der Waals surface area (Å²) in [6, 6.07) is 12.2. The lowest BCUT2D eigenvalue weighted by molar-refractivity contribution is 0.256. The smallest absolute Gasteiger partial charge is 0.127 e. The highest BCUT2D eigenvalue weighted by atomic mass is 16.5. The molecule has 0 saturated heterocycles. The van der Waals surface area contributed by atoms with Crippen LogP contribution in [0, 0.1) is 0 Å². The van der Waals surface area contributed by atoms with Crippen molar-refractivity contribution in [1.82, 2.24) is 0 Å². The Morgan fingerprint density at radius 1 is 0.279 bits per heavy atom. The Hall–Kier alpha value is -4.14. The Kier molecular flexibility index (Phi) is 32.3. The summed E-state index contributed by atoms with van der Waals surface area (Å²) in [5.41, 5.74) is 5.05. The van der Waals surface area contributed by atoms with Crippen LogP contribution in [0.15, 0.2) is 36.4 Å². The van der Waals surface area contributed by atoms with Crippen LogP contribution in [0.1, 0.15) is 229 Å². The van der Waals surface area contributed by atoms with Gasteiger partial charge in [-0.15, -0.1) is 0 Å². The number of ether oxygens (including phenoxy) is 6. The van der Waals surface area contributed by atoms with Crippen molar-refractivity contribution in [2.75, 3.05) is 39.6 Å². The Morgan fingerprint density at radius 3 is 0.706 bits per heavy atom. The predicted molar refractivity (Wildman–Crippen MR) is 287 cm³/mol. The number of aliphatic hydroxyl groups excluding tert-OH is 2. The van der Waals surface area contributed by atoms with Crippen LogP contribution in [0.4, 0.5) is 0 Å². The molecule has 3 rings (SSSR count). The fraction of sp³-hybridized carbons (Fsp3) is 0.633. The maximum atomic E-state index is 10.5. The second-order valence-corrected chi connectivity index (χ2v) is 18.4. The zero-order valence-electron chi connectivity index (χ0n) is 43.7. The van der Waals surface area contributed by atoms with Crippen molar-refractivity contribution in [2.24, 2.45) is 0 Å². The molecule has 0 aliphatic heterocycles. The van der Waals surface area contributed by atoms with E-state index >= 15 is 0 Å². The third-order valence-corrected chi connectivity index (χ3v) is 12.3. The van der Waals surface area contributed by atoms with Crippen molar-refractivity contribution in [1.29, 1.82) is 0 Å². The lowest BCUT2D eigenvalue weighted by atomic mass is 10.0. The highest BCUT2D eigenvalue weighted by Crippen LogP contribution is 2.37. The average Bonchev–Trinajstić information content (AvgIpc) is 3.35. The van der Waals surface area contributed by atoms with Crippen molar-refractivity contribution < 1.29 is 38.6 Å². The molecule has 382 valence electrons. The van der Waals surface area contributed by atoms with E-state index in [9.17, 15) is 10.2 Å². The van der Waals surface area contributed by atoms with Crippen molar-refractivity contribution in [2.45, 2.75) is 209 Å². The molecule has 68 heavy (non-hydrogen) atoms. The molecule has 8 heteroatoms. The highest BCUT2D eigenvalue weighted by molar-refractivity contribution is 5.81. The van der Waals surface area contributed by atoms with E-state index in [1.165, 1.54) is 51.4 Å². The molecule has 8 nitrogen and oxygen atoms in total. The van der Waals surface area contributed by atoms with Gasteiger partial charge >= 0.3 is 0 Å². The second kappa shape index (κ2) is 37.7. The van der Waals surface area contributed by atoms with E-state index in [0.29, 0.717) is 51.1 Å². The first-order chi connectivity index (χ1) is 33.5. The molecule has 0 bridgehead atoms. The van der Waals surface area contributed by atoms with Crippen molar-refractivity contribution in [3.63, 3.8) is 0 Å². The van der Waals surface area contributed by atoms with Gasteiger partial charge in [0, 0.05) is 33.4 Å². The Bertz CT molecular complexity index is 1680. The molecule has 0 fully saturated rings. The maximum absolute atomic E-state index is 10.5. The molecule has 3 aromatic rings. The van der Waals surface area contributed by atoms with Gasteiger partial charge in [0.25, 0.3) is 0 Å². The Morgan fingerprint density at radius 2 is 0.485 bits per heavy atom. The van der Waals surface area contributed by atoms with Crippen LogP contribution < -0.4 is 28.4 Å². The summed E-state index contributed by atoms with van der Waals surface area (Å²) in [5, 5.41) is 20.9. The van der Waals surface area contributed by atoms with Crippen LogP contribution in [0.2, 0.25) is 0 Å². The summed E-state index contributed by atoms with van der Waals surface area (Å²) in [5.74, 6) is 4.38. The van der Waals surface area contributed by atoms with Crippen LogP contribution in [0.3, 0.4) is 0 Å². The first kappa shape index (κ1) is 58.2. The van der Waals surface area contributed by atoms with Crippen LogP contribution in [0.25, 0.3) is 24.3 Å². The van der Waals surface area contributed by atoms with Crippen LogP contribution in [0.5, 0.6) is 34.5 Å². The second-order valence-electron chi connectivity index (χ2n) is 18.4. The minimum absolute atomic E-state index is 0.129. The normalized spacial score (nSPS) is 11.5. The summed E-state index contributed by atoms with van der Waals surface area (Å²) in [6.07, 6.45) is 34.9. The average molecular weight is 943 g/mol. The van der Waals surface area contributed by atoms with Crippen LogP contribution in [-0.2, 0) is 13.2 Å². The SMILES string of the molecule is CCCCCCOc1cc(/C=C/c2cc(OCCCCCC)c(CO)cc2OCCCCCC)c(OCCCCCC)cc1/C=C/c1cc(OCCCCCC)c(CO)cc1OCCCCCC. The van der Waals surface area contributed by atoms with Gasteiger partial charge in [0.2, 0.25) is 0 Å². The van der Waals surface area contributed by atoms with Gasteiger partial charge in [-0.1, -0.05) is 181 Å². The molecule has 2 N–H and O–H groups in total. The zero-order chi connectivity index (χ0) is 48.9. The van der Waals surface area contributed by atoms with E-state index in [1.807, 2.05) is 24.3 Å². The lowest BCUT2D eigenvalue weighted by Gasteiger charge is -2.17. The number of unbranched alkanes of at least 4 members (excludes halogenated alkanes) is 18. The summed E-state index contributed by atoms with van der Waals surface area (Å²) in [4.78, 5) is 0. The van der Waals surface area contributed by atoms with Gasteiger partial charge in [0.1, 0.15) is 34.5 Å². The molecule has 0 heterocycles. The highest BCUT2D eigenvalue weighted by Gasteiger charge is 2.16. The monoisotopic (exact) mass is 943 g/mol. The molecule has 0 atom stereocenters. The fourth-order valence-electron chi connectivity index (χ4n) is 7.99. The lowest BCUT2D eigenvalue weighted by Crippen LogP contribution is -2.04. The first-order valence-electron chi connectivity index (χ1n) is 27.3. The van der Waals surface area contributed by atoms with E-state index in [0.717, 1.165) is 159 Å². The van der Waals surface area contributed by atoms with Gasteiger partial charge in [-0.3, -0.25) is 0 Å². The molecule has 0 unspecified atom stereocenters. The van der Waals surface area contributed by atoms with E-state index in [-0.39, 0.29) is 13.2 Å². The zero-order valence-corrected chi connectivity index (χ0v) is 43.7. The van der Waals surface area contributed by atoms with Crippen LogP contribution >= 0.6 is 0 Å². The predicted octanol–water partition coefficient (Wildman–Crippen LogP) is 16.8. The summed E-state index contributed by atoms with van der Waals surface area (Å²) >= 11 is 0.